The standard InChI is InChI=1S/C31H28ClN3O4S/c1-22-8-16-30(17-9-22)40(37,38)35(20-24-10-12-27(32)13-11-24)21-29-15-14-28(39-29)18-26(19-33)31(36)34-23(2)25-6-4-3-5-7-25/h3-18,23H,20-21H2,1-2H3,(H,34,36)/b26-18-/t23-/m0/s1. The maximum Gasteiger partial charge on any atom is 0.262 e. The molecule has 1 N–H and O–H groups in total. The lowest BCUT2D eigenvalue weighted by Gasteiger charge is -2.21. The smallest absolute Gasteiger partial charge is 0.262 e. The van der Waals surface area contributed by atoms with E-state index < -0.39 is 15.9 Å². The van der Waals surface area contributed by atoms with Crippen molar-refractivity contribution < 1.29 is 17.6 Å². The lowest BCUT2D eigenvalue weighted by molar-refractivity contribution is -0.117. The van der Waals surface area contributed by atoms with Crippen molar-refractivity contribution in [2.45, 2.75) is 37.9 Å². The molecule has 0 aliphatic rings. The van der Waals surface area contributed by atoms with Crippen molar-refractivity contribution in [1.29, 1.82) is 5.26 Å². The molecule has 1 amide bonds. The third-order valence-electron chi connectivity index (χ3n) is 6.24. The Morgan fingerprint density at radius 2 is 1.68 bits per heavy atom. The summed E-state index contributed by atoms with van der Waals surface area (Å²) in [5.74, 6) is 0.0719. The lowest BCUT2D eigenvalue weighted by atomic mass is 10.1. The third-order valence-corrected chi connectivity index (χ3v) is 8.30. The van der Waals surface area contributed by atoms with Gasteiger partial charge in [0.15, 0.2) is 0 Å². The number of benzene rings is 3. The largest absolute Gasteiger partial charge is 0.460 e. The highest BCUT2D eigenvalue weighted by Crippen LogP contribution is 2.24. The molecule has 0 aliphatic carbocycles. The van der Waals surface area contributed by atoms with E-state index in [4.69, 9.17) is 16.0 Å². The Labute approximate surface area is 239 Å². The number of nitrogens with one attached hydrogen (secondary N) is 1. The highest BCUT2D eigenvalue weighted by atomic mass is 35.5. The van der Waals surface area contributed by atoms with Gasteiger partial charge in [0.05, 0.1) is 17.5 Å². The van der Waals surface area contributed by atoms with Crippen LogP contribution in [0, 0.1) is 18.3 Å². The van der Waals surface area contributed by atoms with E-state index in [9.17, 15) is 18.5 Å². The van der Waals surface area contributed by atoms with Crippen LogP contribution in [-0.2, 0) is 27.9 Å². The zero-order valence-corrected chi connectivity index (χ0v) is 23.6. The summed E-state index contributed by atoms with van der Waals surface area (Å²) in [6.45, 7) is 3.74. The molecule has 40 heavy (non-hydrogen) atoms. The second-order valence-electron chi connectivity index (χ2n) is 9.29. The molecule has 0 bridgehead atoms. The number of hydrogen-bond donors (Lipinski definition) is 1. The minimum Gasteiger partial charge on any atom is -0.460 e. The predicted molar refractivity (Wildman–Crippen MR) is 154 cm³/mol. The van der Waals surface area contributed by atoms with Gasteiger partial charge in [-0.3, -0.25) is 4.79 Å². The quantitative estimate of drug-likeness (QED) is 0.174. The van der Waals surface area contributed by atoms with Crippen molar-refractivity contribution in [3.63, 3.8) is 0 Å². The molecule has 7 nitrogen and oxygen atoms in total. The van der Waals surface area contributed by atoms with Gasteiger partial charge in [0.25, 0.3) is 5.91 Å². The average molecular weight is 574 g/mol. The molecular weight excluding hydrogens is 546 g/mol. The Balaban J connectivity index is 1.56. The van der Waals surface area contributed by atoms with E-state index in [2.05, 4.69) is 5.32 Å². The summed E-state index contributed by atoms with van der Waals surface area (Å²) in [7, 11) is -3.89. The summed E-state index contributed by atoms with van der Waals surface area (Å²) in [6, 6.07) is 27.8. The molecule has 0 fully saturated rings. The molecule has 0 saturated heterocycles. The fourth-order valence-corrected chi connectivity index (χ4v) is 5.52. The Kier molecular flexibility index (Phi) is 9.22. The summed E-state index contributed by atoms with van der Waals surface area (Å²) in [5.41, 5.74) is 2.47. The molecule has 3 aromatic carbocycles. The number of amides is 1. The van der Waals surface area contributed by atoms with Crippen molar-refractivity contribution >= 4 is 33.6 Å². The van der Waals surface area contributed by atoms with E-state index in [1.807, 2.05) is 50.2 Å². The minimum atomic E-state index is -3.89. The van der Waals surface area contributed by atoms with Crippen LogP contribution >= 0.6 is 11.6 Å². The Bertz CT molecular complexity index is 1640. The van der Waals surface area contributed by atoms with Gasteiger partial charge in [0.1, 0.15) is 23.2 Å². The van der Waals surface area contributed by atoms with Gasteiger partial charge >= 0.3 is 0 Å². The number of carbonyl (C=O) groups excluding carboxylic acids is 1. The number of sulfonamides is 1. The first-order chi connectivity index (χ1) is 19.2. The molecule has 0 radical (unpaired) electrons. The van der Waals surface area contributed by atoms with Crippen molar-refractivity contribution in [2.75, 3.05) is 0 Å². The van der Waals surface area contributed by atoms with Gasteiger partial charge in [-0.2, -0.15) is 9.57 Å². The average Bonchev–Trinajstić information content (AvgIpc) is 3.40. The van der Waals surface area contributed by atoms with Crippen LogP contribution in [0.5, 0.6) is 0 Å². The van der Waals surface area contributed by atoms with Crippen LogP contribution in [0.25, 0.3) is 6.08 Å². The predicted octanol–water partition coefficient (Wildman–Crippen LogP) is 6.42. The fraction of sp³-hybridized carbons (Fsp3) is 0.161. The number of halogens is 1. The van der Waals surface area contributed by atoms with Gasteiger partial charge in [-0.1, -0.05) is 71.8 Å². The van der Waals surface area contributed by atoms with Crippen molar-refractivity contribution in [2.24, 2.45) is 0 Å². The molecule has 1 atom stereocenters. The monoisotopic (exact) mass is 573 g/mol. The van der Waals surface area contributed by atoms with E-state index in [1.54, 1.807) is 60.7 Å². The second kappa shape index (κ2) is 12.8. The number of nitriles is 1. The molecule has 0 unspecified atom stereocenters. The zero-order chi connectivity index (χ0) is 28.7. The number of carbonyl (C=O) groups is 1. The normalized spacial score (nSPS) is 12.6. The van der Waals surface area contributed by atoms with E-state index in [1.165, 1.54) is 10.4 Å². The topological polar surface area (TPSA) is 103 Å². The molecule has 1 aromatic heterocycles. The molecule has 9 heteroatoms. The van der Waals surface area contributed by atoms with Crippen LogP contribution < -0.4 is 5.32 Å². The van der Waals surface area contributed by atoms with Gasteiger partial charge in [-0.25, -0.2) is 8.42 Å². The maximum absolute atomic E-state index is 13.6. The van der Waals surface area contributed by atoms with E-state index >= 15 is 0 Å². The summed E-state index contributed by atoms with van der Waals surface area (Å²) in [5, 5.41) is 13.0. The third kappa shape index (κ3) is 7.27. The second-order valence-corrected chi connectivity index (χ2v) is 11.7. The first-order valence-electron chi connectivity index (χ1n) is 12.5. The molecule has 4 aromatic rings. The summed E-state index contributed by atoms with van der Waals surface area (Å²) >= 11 is 6.01. The SMILES string of the molecule is Cc1ccc(S(=O)(=O)N(Cc2ccc(Cl)cc2)Cc2ccc(/C=C(/C#N)C(=O)N[C@@H](C)c3ccccc3)o2)cc1. The van der Waals surface area contributed by atoms with Gasteiger partial charge in [-0.15, -0.1) is 0 Å². The van der Waals surface area contributed by atoms with Gasteiger partial charge in [0.2, 0.25) is 10.0 Å². The maximum atomic E-state index is 13.6. The molecule has 1 heterocycles. The fourth-order valence-electron chi connectivity index (χ4n) is 4.00. The lowest BCUT2D eigenvalue weighted by Crippen LogP contribution is -2.30. The summed E-state index contributed by atoms with van der Waals surface area (Å²) < 4.78 is 34.4. The number of aryl methyl sites for hydroxylation is 1. The molecular formula is C31H28ClN3O4S. The number of furan rings is 1. The first-order valence-corrected chi connectivity index (χ1v) is 14.3. The molecule has 4 rings (SSSR count). The van der Waals surface area contributed by atoms with Gasteiger partial charge in [-0.05, 0) is 61.4 Å². The van der Waals surface area contributed by atoms with Crippen LogP contribution in [0.3, 0.4) is 0 Å². The highest BCUT2D eigenvalue weighted by Gasteiger charge is 2.26. The van der Waals surface area contributed by atoms with Crippen LogP contribution in [0.1, 0.15) is 41.2 Å². The molecule has 0 saturated carbocycles. The molecule has 204 valence electrons. The van der Waals surface area contributed by atoms with Gasteiger partial charge in [0, 0.05) is 17.6 Å². The van der Waals surface area contributed by atoms with Crippen LogP contribution in [-0.4, -0.2) is 18.6 Å². The molecule has 0 spiro atoms. The van der Waals surface area contributed by atoms with Crippen LogP contribution in [0.2, 0.25) is 5.02 Å². The summed E-state index contributed by atoms with van der Waals surface area (Å²) in [6.07, 6.45) is 1.34. The Hall–Kier alpha value is -4.16. The molecule has 0 aliphatic heterocycles. The Morgan fingerprint density at radius 1 is 1.00 bits per heavy atom. The first kappa shape index (κ1) is 28.8. The van der Waals surface area contributed by atoms with Crippen LogP contribution in [0.15, 0.2) is 106 Å². The number of hydrogen-bond acceptors (Lipinski definition) is 5. The summed E-state index contributed by atoms with van der Waals surface area (Å²) in [4.78, 5) is 12.9. The Morgan fingerprint density at radius 3 is 2.33 bits per heavy atom. The van der Waals surface area contributed by atoms with Crippen molar-refractivity contribution in [1.82, 2.24) is 9.62 Å². The number of nitrogens with zero attached hydrogens (tertiary/aromatic N) is 2. The van der Waals surface area contributed by atoms with Crippen molar-refractivity contribution in [3.05, 3.63) is 130 Å². The van der Waals surface area contributed by atoms with Crippen molar-refractivity contribution in [3.8, 4) is 6.07 Å². The zero-order valence-electron chi connectivity index (χ0n) is 22.0. The minimum absolute atomic E-state index is 0.0637. The van der Waals surface area contributed by atoms with E-state index in [0.29, 0.717) is 10.8 Å². The number of rotatable bonds is 10. The van der Waals surface area contributed by atoms with E-state index in [0.717, 1.165) is 16.7 Å². The van der Waals surface area contributed by atoms with Crippen LogP contribution in [0.4, 0.5) is 0 Å². The highest BCUT2D eigenvalue weighted by molar-refractivity contribution is 7.89. The van der Waals surface area contributed by atoms with E-state index in [-0.39, 0.29) is 35.4 Å². The van der Waals surface area contributed by atoms with Gasteiger partial charge < -0.3 is 9.73 Å².